The number of hydrogen-bond acceptors (Lipinski definition) is 0. The average Bonchev–Trinajstić information content (AvgIpc) is 2.61. The molecule has 0 fully saturated rings. The number of nitrogens with one attached hydrogen (secondary N) is 1. The van der Waals surface area contributed by atoms with Crippen molar-refractivity contribution in [1.82, 2.24) is 4.98 Å². The molecule has 0 saturated carbocycles. The highest BCUT2D eigenvalue weighted by molar-refractivity contribution is 9.10. The maximum Gasteiger partial charge on any atom is 0.155 e. The van der Waals surface area contributed by atoms with Crippen LogP contribution in [0.4, 0.5) is 4.39 Å². The summed E-state index contributed by atoms with van der Waals surface area (Å²) in [5.74, 6) is -0.183. The molecular formula is C14H23BrFN. The van der Waals surface area contributed by atoms with Gasteiger partial charge in [-0.3, -0.25) is 0 Å². The van der Waals surface area contributed by atoms with Crippen molar-refractivity contribution < 1.29 is 4.39 Å². The molecule has 0 amide bonds. The first-order valence-electron chi connectivity index (χ1n) is 6.58. The number of rotatable bonds is 7. The van der Waals surface area contributed by atoms with Crippen molar-refractivity contribution in [3.05, 3.63) is 22.2 Å². The fraction of sp³-hybridized carbons (Fsp3) is 0.714. The zero-order valence-corrected chi connectivity index (χ0v) is 12.7. The molecule has 98 valence electrons. The second-order valence-corrected chi connectivity index (χ2v) is 5.89. The molecule has 0 saturated heterocycles. The predicted octanol–water partition coefficient (Wildman–Crippen LogP) is 5.55. The lowest BCUT2D eigenvalue weighted by atomic mass is 9.78. The smallest absolute Gasteiger partial charge is 0.155 e. The molecule has 0 aromatic carbocycles. The van der Waals surface area contributed by atoms with E-state index in [0.29, 0.717) is 4.47 Å². The lowest BCUT2D eigenvalue weighted by Gasteiger charge is -2.29. The van der Waals surface area contributed by atoms with Gasteiger partial charge in [0.25, 0.3) is 0 Å². The predicted molar refractivity (Wildman–Crippen MR) is 74.9 cm³/mol. The van der Waals surface area contributed by atoms with Gasteiger partial charge in [-0.15, -0.1) is 0 Å². The number of aromatic nitrogens is 1. The minimum absolute atomic E-state index is 0.0626. The minimum atomic E-state index is -0.183. The third-order valence-electron chi connectivity index (χ3n) is 3.51. The molecule has 0 aliphatic carbocycles. The highest BCUT2D eigenvalue weighted by Gasteiger charge is 2.29. The van der Waals surface area contributed by atoms with Gasteiger partial charge in [0, 0.05) is 17.3 Å². The Balaban J connectivity index is 2.86. The first-order valence-corrected chi connectivity index (χ1v) is 7.37. The van der Waals surface area contributed by atoms with Crippen LogP contribution in [0.5, 0.6) is 0 Å². The molecule has 1 rings (SSSR count). The third-order valence-corrected chi connectivity index (χ3v) is 4.29. The number of aromatic amines is 1. The lowest BCUT2D eigenvalue weighted by Crippen LogP contribution is -2.23. The first-order chi connectivity index (χ1) is 8.05. The summed E-state index contributed by atoms with van der Waals surface area (Å²) in [5, 5.41) is 0. The molecule has 1 aromatic heterocycles. The zero-order chi connectivity index (χ0) is 12.9. The SMILES string of the molecule is CCCCCC(C)(CCC)c1[nH]cc(F)c1Br. The van der Waals surface area contributed by atoms with Crippen LogP contribution >= 0.6 is 15.9 Å². The standard InChI is InChI=1S/C14H23BrFN/c1-4-6-7-9-14(3,8-5-2)13-12(15)11(16)10-17-13/h10,17H,4-9H2,1-3H3. The van der Waals surface area contributed by atoms with E-state index in [1.807, 2.05) is 0 Å². The molecule has 1 nitrogen and oxygen atoms in total. The van der Waals surface area contributed by atoms with E-state index in [9.17, 15) is 4.39 Å². The molecule has 0 spiro atoms. The highest BCUT2D eigenvalue weighted by Crippen LogP contribution is 2.38. The van der Waals surface area contributed by atoms with E-state index < -0.39 is 0 Å². The summed E-state index contributed by atoms with van der Waals surface area (Å²) in [6.45, 7) is 6.63. The summed E-state index contributed by atoms with van der Waals surface area (Å²) in [7, 11) is 0. The molecule has 1 atom stereocenters. The van der Waals surface area contributed by atoms with Crippen LogP contribution in [0.3, 0.4) is 0 Å². The summed E-state index contributed by atoms with van der Waals surface area (Å²) in [4.78, 5) is 3.10. The molecule has 1 heterocycles. The van der Waals surface area contributed by atoms with Crippen LogP contribution in [0, 0.1) is 5.82 Å². The van der Waals surface area contributed by atoms with E-state index in [1.165, 1.54) is 25.5 Å². The first kappa shape index (κ1) is 14.7. The molecule has 1 N–H and O–H groups in total. The van der Waals surface area contributed by atoms with E-state index in [1.54, 1.807) is 0 Å². The average molecular weight is 304 g/mol. The Bertz CT molecular complexity index is 348. The van der Waals surface area contributed by atoms with Gasteiger partial charge in [0.1, 0.15) is 0 Å². The van der Waals surface area contributed by atoms with Gasteiger partial charge in [-0.05, 0) is 28.8 Å². The second-order valence-electron chi connectivity index (χ2n) is 5.09. The molecule has 0 aliphatic rings. The second kappa shape index (κ2) is 6.58. The van der Waals surface area contributed by atoms with Crippen molar-refractivity contribution in [3.8, 4) is 0 Å². The van der Waals surface area contributed by atoms with Gasteiger partial charge in [-0.25, -0.2) is 4.39 Å². The van der Waals surface area contributed by atoms with Crippen molar-refractivity contribution in [2.75, 3.05) is 0 Å². The molecule has 1 unspecified atom stereocenters. The highest BCUT2D eigenvalue weighted by atomic mass is 79.9. The van der Waals surface area contributed by atoms with E-state index in [2.05, 4.69) is 41.7 Å². The fourth-order valence-corrected chi connectivity index (χ4v) is 3.22. The molecular weight excluding hydrogens is 281 g/mol. The quantitative estimate of drug-likeness (QED) is 0.635. The number of unbranched alkanes of at least 4 members (excludes halogenated alkanes) is 2. The van der Waals surface area contributed by atoms with Crippen LogP contribution in [-0.4, -0.2) is 4.98 Å². The molecule has 3 heteroatoms. The maximum atomic E-state index is 13.4. The van der Waals surface area contributed by atoms with E-state index >= 15 is 0 Å². The van der Waals surface area contributed by atoms with Crippen LogP contribution in [0.1, 0.15) is 65.0 Å². The number of hydrogen-bond donors (Lipinski definition) is 1. The van der Waals surface area contributed by atoms with Gasteiger partial charge in [-0.2, -0.15) is 0 Å². The van der Waals surface area contributed by atoms with Crippen LogP contribution in [0.2, 0.25) is 0 Å². The zero-order valence-electron chi connectivity index (χ0n) is 11.1. The van der Waals surface area contributed by atoms with Crippen molar-refractivity contribution in [2.24, 2.45) is 0 Å². The summed E-state index contributed by atoms with van der Waals surface area (Å²) < 4.78 is 14.0. The summed E-state index contributed by atoms with van der Waals surface area (Å²) in [6, 6.07) is 0. The van der Waals surface area contributed by atoms with E-state index in [-0.39, 0.29) is 11.2 Å². The van der Waals surface area contributed by atoms with Gasteiger partial charge in [0.15, 0.2) is 5.82 Å². The summed E-state index contributed by atoms with van der Waals surface area (Å²) in [5.41, 5.74) is 1.08. The number of H-pyrrole nitrogens is 1. The van der Waals surface area contributed by atoms with Crippen LogP contribution < -0.4 is 0 Å². The Kier molecular flexibility index (Phi) is 5.71. The molecule has 0 aliphatic heterocycles. The van der Waals surface area contributed by atoms with Crippen LogP contribution in [0.25, 0.3) is 0 Å². The van der Waals surface area contributed by atoms with Crippen molar-refractivity contribution in [1.29, 1.82) is 0 Å². The van der Waals surface area contributed by atoms with Crippen molar-refractivity contribution >= 4 is 15.9 Å². The monoisotopic (exact) mass is 303 g/mol. The Labute approximate surface area is 112 Å². The van der Waals surface area contributed by atoms with Gasteiger partial charge in [0.2, 0.25) is 0 Å². The normalized spacial score (nSPS) is 14.9. The van der Waals surface area contributed by atoms with Gasteiger partial charge < -0.3 is 4.98 Å². The van der Waals surface area contributed by atoms with Gasteiger partial charge in [0.05, 0.1) is 4.47 Å². The minimum Gasteiger partial charge on any atom is -0.361 e. The van der Waals surface area contributed by atoms with Gasteiger partial charge in [-0.1, -0.05) is 46.5 Å². The van der Waals surface area contributed by atoms with E-state index in [0.717, 1.165) is 25.0 Å². The fourth-order valence-electron chi connectivity index (χ4n) is 2.51. The van der Waals surface area contributed by atoms with Crippen LogP contribution in [-0.2, 0) is 5.41 Å². The summed E-state index contributed by atoms with van der Waals surface area (Å²) in [6.07, 6.45) is 8.47. The van der Waals surface area contributed by atoms with Gasteiger partial charge >= 0.3 is 0 Å². The largest absolute Gasteiger partial charge is 0.361 e. The Hall–Kier alpha value is -0.310. The summed E-state index contributed by atoms with van der Waals surface area (Å²) >= 11 is 3.36. The van der Waals surface area contributed by atoms with Crippen molar-refractivity contribution in [2.45, 2.75) is 64.7 Å². The molecule has 1 aromatic rings. The lowest BCUT2D eigenvalue weighted by molar-refractivity contribution is 0.368. The van der Waals surface area contributed by atoms with Crippen molar-refractivity contribution in [3.63, 3.8) is 0 Å². The Morgan fingerprint density at radius 3 is 2.41 bits per heavy atom. The molecule has 0 radical (unpaired) electrons. The van der Waals surface area contributed by atoms with Crippen LogP contribution in [0.15, 0.2) is 10.7 Å². The Morgan fingerprint density at radius 1 is 1.24 bits per heavy atom. The third kappa shape index (κ3) is 3.57. The Morgan fingerprint density at radius 2 is 1.94 bits per heavy atom. The molecule has 0 bridgehead atoms. The molecule has 17 heavy (non-hydrogen) atoms. The topological polar surface area (TPSA) is 15.8 Å². The number of halogens is 2. The maximum absolute atomic E-state index is 13.4. The van der Waals surface area contributed by atoms with E-state index in [4.69, 9.17) is 0 Å².